The number of alkyl halides is 6. The van der Waals surface area contributed by atoms with Crippen molar-refractivity contribution in [2.75, 3.05) is 32.7 Å². The number of hydrogen-bond donors (Lipinski definition) is 2. The van der Waals surface area contributed by atoms with Gasteiger partial charge in [0.25, 0.3) is 0 Å². The van der Waals surface area contributed by atoms with E-state index < -0.39 is 68.2 Å². The molecule has 1 aromatic heterocycles. The number of amides is 1. The third kappa shape index (κ3) is 8.01. The number of likely N-dealkylation sites (tertiary alicyclic amines) is 2. The van der Waals surface area contributed by atoms with Crippen molar-refractivity contribution in [1.82, 2.24) is 20.1 Å². The molecule has 14 heteroatoms. The lowest BCUT2D eigenvalue weighted by Crippen LogP contribution is -2.59. The molecule has 0 saturated carbocycles. The molecule has 7 nitrogen and oxygen atoms in total. The van der Waals surface area contributed by atoms with Crippen LogP contribution in [0.5, 0.6) is 0 Å². The van der Waals surface area contributed by atoms with Gasteiger partial charge in [-0.05, 0) is 79.8 Å². The first kappa shape index (κ1) is 34.9. The smallest absolute Gasteiger partial charge is 0.403 e. The average Bonchev–Trinajstić information content (AvgIpc) is 3.00. The van der Waals surface area contributed by atoms with Crippen molar-refractivity contribution in [3.63, 3.8) is 0 Å². The van der Waals surface area contributed by atoms with E-state index in [2.05, 4.69) is 15.2 Å². The van der Waals surface area contributed by atoms with E-state index in [-0.39, 0.29) is 6.42 Å². The molecule has 2 saturated heterocycles. The van der Waals surface area contributed by atoms with Gasteiger partial charge in [-0.1, -0.05) is 54.4 Å². The summed E-state index contributed by atoms with van der Waals surface area (Å²) in [6.07, 6.45) is -6.60. The highest BCUT2D eigenvalue weighted by Crippen LogP contribution is 2.47. The third-order valence-corrected chi connectivity index (χ3v) is 9.43. The summed E-state index contributed by atoms with van der Waals surface area (Å²) in [6.45, 7) is 0.128. The normalized spacial score (nSPS) is 18.6. The number of nitrogens with zero attached hydrogens (tertiary/aromatic N) is 3. The maximum absolute atomic E-state index is 14.3. The number of fused-ring (bicyclic) bond motifs is 1. The van der Waals surface area contributed by atoms with Gasteiger partial charge in [0.1, 0.15) is 11.5 Å². The van der Waals surface area contributed by atoms with Crippen molar-refractivity contribution in [2.45, 2.75) is 63.5 Å². The van der Waals surface area contributed by atoms with Crippen molar-refractivity contribution in [3.05, 3.63) is 64.8 Å². The molecule has 0 bridgehead atoms. The monoisotopic (exact) mass is 684 g/mol. The summed E-state index contributed by atoms with van der Waals surface area (Å²) in [4.78, 5) is 33.3. The molecular formula is C33H35ClF6N4O3. The number of carbonyl (C=O) groups excluding carboxylic acids is 1. The van der Waals surface area contributed by atoms with Crippen molar-refractivity contribution >= 4 is 34.2 Å². The van der Waals surface area contributed by atoms with Crippen LogP contribution in [0.4, 0.5) is 26.3 Å². The molecule has 0 spiro atoms. The molecule has 1 atom stereocenters. The number of piperidine rings is 2. The largest absolute Gasteiger partial charge is 0.480 e. The van der Waals surface area contributed by atoms with E-state index in [4.69, 9.17) is 11.6 Å². The van der Waals surface area contributed by atoms with Gasteiger partial charge in [-0.3, -0.25) is 19.6 Å². The lowest BCUT2D eigenvalue weighted by Gasteiger charge is -2.42. The maximum atomic E-state index is 14.3. The number of nitrogens with one attached hydrogen (secondary N) is 1. The molecule has 0 unspecified atom stereocenters. The highest BCUT2D eigenvalue weighted by atomic mass is 35.5. The Bertz CT molecular complexity index is 1600. The summed E-state index contributed by atoms with van der Waals surface area (Å²) in [7, 11) is 0. The summed E-state index contributed by atoms with van der Waals surface area (Å²) in [6, 6.07) is 10.5. The van der Waals surface area contributed by atoms with Crippen LogP contribution in [0.15, 0.2) is 48.7 Å². The van der Waals surface area contributed by atoms with Crippen LogP contribution in [0.3, 0.4) is 0 Å². The molecule has 2 fully saturated rings. The van der Waals surface area contributed by atoms with Gasteiger partial charge in [-0.2, -0.15) is 26.3 Å². The molecule has 3 aromatic rings. The van der Waals surface area contributed by atoms with E-state index in [1.807, 2.05) is 12.1 Å². The summed E-state index contributed by atoms with van der Waals surface area (Å²) < 4.78 is 81.4. The van der Waals surface area contributed by atoms with Gasteiger partial charge in [0.05, 0.1) is 17.3 Å². The third-order valence-electron chi connectivity index (χ3n) is 9.14. The second-order valence-electron chi connectivity index (χ2n) is 12.4. The quantitative estimate of drug-likeness (QED) is 0.240. The van der Waals surface area contributed by atoms with Crippen molar-refractivity contribution in [2.24, 2.45) is 5.41 Å². The van der Waals surface area contributed by atoms with E-state index in [9.17, 15) is 41.0 Å². The predicted octanol–water partition coefficient (Wildman–Crippen LogP) is 6.86. The van der Waals surface area contributed by atoms with Crippen molar-refractivity contribution in [3.8, 4) is 11.3 Å². The van der Waals surface area contributed by atoms with Gasteiger partial charge < -0.3 is 10.4 Å². The average molecular weight is 685 g/mol. The fourth-order valence-electron chi connectivity index (χ4n) is 6.60. The Morgan fingerprint density at radius 2 is 1.60 bits per heavy atom. The number of benzene rings is 2. The van der Waals surface area contributed by atoms with Crippen LogP contribution >= 0.6 is 11.6 Å². The maximum Gasteiger partial charge on any atom is 0.403 e. The van der Waals surface area contributed by atoms with E-state index in [1.165, 1.54) is 6.42 Å². The number of carboxylic acids is 1. The Morgan fingerprint density at radius 3 is 2.21 bits per heavy atom. The highest BCUT2D eigenvalue weighted by molar-refractivity contribution is 6.33. The van der Waals surface area contributed by atoms with E-state index in [0.29, 0.717) is 32.6 Å². The van der Waals surface area contributed by atoms with E-state index in [1.54, 1.807) is 36.5 Å². The molecule has 0 radical (unpaired) electrons. The first-order valence-corrected chi connectivity index (χ1v) is 15.8. The summed E-state index contributed by atoms with van der Waals surface area (Å²) in [5.74, 6) is -3.11. The zero-order valence-corrected chi connectivity index (χ0v) is 26.2. The zero-order valence-electron chi connectivity index (χ0n) is 25.4. The van der Waals surface area contributed by atoms with Crippen molar-refractivity contribution in [1.29, 1.82) is 0 Å². The number of pyridine rings is 1. The summed E-state index contributed by atoms with van der Waals surface area (Å²) >= 11 is 6.71. The van der Waals surface area contributed by atoms with Crippen molar-refractivity contribution < 1.29 is 41.0 Å². The molecule has 2 aliphatic heterocycles. The number of carboxylic acid groups (broad SMARTS) is 1. The second kappa shape index (κ2) is 14.0. The number of hydrogen-bond acceptors (Lipinski definition) is 5. The lowest BCUT2D eigenvalue weighted by atomic mass is 9.76. The fraction of sp³-hybridized carbons (Fsp3) is 0.485. The van der Waals surface area contributed by atoms with Gasteiger partial charge in [-0.25, -0.2) is 4.79 Å². The van der Waals surface area contributed by atoms with E-state index >= 15 is 0 Å². The molecule has 0 aliphatic carbocycles. The Balaban J connectivity index is 1.37. The minimum Gasteiger partial charge on any atom is -0.480 e. The standard InChI is InChI=1S/C33H35ClF6N4O3/c34-26-16-21(19-43-12-2-1-3-13-43)18-41-28(26)25-9-5-7-23-22(6-4-8-24(23)25)17-27(29(45)46)42-30(47)31(33(38,39)40)10-14-44(15-11-31)20-32(35,36)37/h4-9,16,18,27H,1-3,10-15,17,19-20H2,(H,42,47)(H,45,46)/t27-/m0/s1. The zero-order chi connectivity index (χ0) is 34.0. The van der Waals surface area contributed by atoms with Crippen LogP contribution in [-0.2, 0) is 22.6 Å². The molecule has 2 N–H and O–H groups in total. The first-order valence-electron chi connectivity index (χ1n) is 15.4. The molecule has 2 aromatic carbocycles. The number of carbonyl (C=O) groups is 2. The van der Waals surface area contributed by atoms with Gasteiger partial charge >= 0.3 is 18.3 Å². The van der Waals surface area contributed by atoms with Crippen LogP contribution in [0.2, 0.25) is 5.02 Å². The highest BCUT2D eigenvalue weighted by Gasteiger charge is 2.61. The minimum atomic E-state index is -5.10. The Kier molecular flexibility index (Phi) is 10.4. The molecule has 254 valence electrons. The topological polar surface area (TPSA) is 85.8 Å². The van der Waals surface area contributed by atoms with Gasteiger partial charge in [0, 0.05) is 24.7 Å². The number of aliphatic carboxylic acids is 1. The number of rotatable bonds is 9. The lowest BCUT2D eigenvalue weighted by molar-refractivity contribution is -0.236. The van der Waals surface area contributed by atoms with Crippen LogP contribution in [0.1, 0.15) is 43.2 Å². The molecule has 5 rings (SSSR count). The van der Waals surface area contributed by atoms with Crippen LogP contribution in [-0.4, -0.2) is 82.9 Å². The molecule has 3 heterocycles. The SMILES string of the molecule is O=C(O)[C@H](Cc1cccc2c(-c3ncc(CN4CCCCC4)cc3Cl)cccc12)NC(=O)C1(C(F)(F)F)CCN(CC(F)(F)F)CC1. The summed E-state index contributed by atoms with van der Waals surface area (Å²) in [5.41, 5.74) is -0.391. The van der Waals surface area contributed by atoms with Crippen LogP contribution < -0.4 is 5.32 Å². The Morgan fingerprint density at radius 1 is 0.936 bits per heavy atom. The first-order chi connectivity index (χ1) is 22.2. The van der Waals surface area contributed by atoms with Crippen LogP contribution in [0.25, 0.3) is 22.0 Å². The second-order valence-corrected chi connectivity index (χ2v) is 12.8. The minimum absolute atomic E-state index is 0.341. The fourth-order valence-corrected chi connectivity index (χ4v) is 6.89. The number of aromatic nitrogens is 1. The molecular weight excluding hydrogens is 650 g/mol. The van der Waals surface area contributed by atoms with Gasteiger partial charge in [0.15, 0.2) is 0 Å². The van der Waals surface area contributed by atoms with Gasteiger partial charge in [0.2, 0.25) is 5.91 Å². The predicted molar refractivity (Wildman–Crippen MR) is 165 cm³/mol. The van der Waals surface area contributed by atoms with Crippen LogP contribution in [0, 0.1) is 5.41 Å². The molecule has 2 aliphatic rings. The Labute approximate surface area is 272 Å². The Hall–Kier alpha value is -3.42. The summed E-state index contributed by atoms with van der Waals surface area (Å²) in [5, 5.41) is 13.8. The number of halogens is 7. The van der Waals surface area contributed by atoms with E-state index in [0.717, 1.165) is 42.9 Å². The molecule has 1 amide bonds. The molecule has 47 heavy (non-hydrogen) atoms. The van der Waals surface area contributed by atoms with Gasteiger partial charge in [-0.15, -0.1) is 0 Å².